The summed E-state index contributed by atoms with van der Waals surface area (Å²) >= 11 is 1.71. The maximum absolute atomic E-state index is 10.9. The zero-order valence-corrected chi connectivity index (χ0v) is 13.8. The Balaban J connectivity index is 1.91. The molecule has 1 atom stereocenters. The van der Waals surface area contributed by atoms with Gasteiger partial charge >= 0.3 is 5.97 Å². The smallest absolute Gasteiger partial charge is 0.305 e. The van der Waals surface area contributed by atoms with Gasteiger partial charge in [0.1, 0.15) is 6.10 Å². The lowest BCUT2D eigenvalue weighted by Crippen LogP contribution is -2.09. The average molecular weight is 313 g/mol. The van der Waals surface area contributed by atoms with E-state index in [9.17, 15) is 4.79 Å². The molecule has 0 saturated carbocycles. The number of rotatable bonds is 11. The van der Waals surface area contributed by atoms with Crippen molar-refractivity contribution in [2.24, 2.45) is 4.99 Å². The van der Waals surface area contributed by atoms with Crippen LogP contribution in [0.5, 0.6) is 0 Å². The molecule has 120 valence electrons. The average Bonchev–Trinajstić information content (AvgIpc) is 2.95. The van der Waals surface area contributed by atoms with Crippen LogP contribution in [-0.4, -0.2) is 36.7 Å². The zero-order valence-electron chi connectivity index (χ0n) is 13.0. The minimum Gasteiger partial charge on any atom is -0.469 e. The van der Waals surface area contributed by atoms with Gasteiger partial charge in [0.2, 0.25) is 5.23 Å². The van der Waals surface area contributed by atoms with Crippen molar-refractivity contribution in [3.05, 3.63) is 12.7 Å². The second-order valence-electron chi connectivity index (χ2n) is 5.18. The van der Waals surface area contributed by atoms with Crippen LogP contribution < -0.4 is 0 Å². The minimum atomic E-state index is -0.0974. The van der Waals surface area contributed by atoms with Crippen LogP contribution >= 0.6 is 11.8 Å². The van der Waals surface area contributed by atoms with E-state index < -0.39 is 0 Å². The number of nitrogens with zero attached hydrogens (tertiary/aromatic N) is 1. The highest BCUT2D eigenvalue weighted by atomic mass is 32.2. The van der Waals surface area contributed by atoms with Crippen LogP contribution in [0.25, 0.3) is 0 Å². The number of unbranched alkanes of at least 4 members (excludes halogenated alkanes) is 5. The van der Waals surface area contributed by atoms with E-state index in [0.717, 1.165) is 30.2 Å². The number of thioether (sulfide) groups is 1. The van der Waals surface area contributed by atoms with E-state index in [0.29, 0.717) is 19.1 Å². The molecule has 1 saturated heterocycles. The Morgan fingerprint density at radius 2 is 2.10 bits per heavy atom. The van der Waals surface area contributed by atoms with Gasteiger partial charge in [0.25, 0.3) is 0 Å². The molecule has 0 aromatic carbocycles. The van der Waals surface area contributed by atoms with Crippen LogP contribution in [0, 0.1) is 0 Å². The first-order valence-electron chi connectivity index (χ1n) is 7.78. The molecule has 0 N–H and O–H groups in total. The maximum Gasteiger partial charge on any atom is 0.305 e. The third-order valence-corrected chi connectivity index (χ3v) is 4.41. The third kappa shape index (κ3) is 8.81. The molecule has 0 aromatic heterocycles. The summed E-state index contributed by atoms with van der Waals surface area (Å²) in [7, 11) is 1.44. The van der Waals surface area contributed by atoms with Gasteiger partial charge in [-0.25, -0.2) is 4.99 Å². The van der Waals surface area contributed by atoms with Crippen LogP contribution in [0.3, 0.4) is 0 Å². The van der Waals surface area contributed by atoms with Gasteiger partial charge in [0.15, 0.2) is 0 Å². The SMILES string of the molecule is C=CCN=C1OC(CCCCCCCCC(=O)OC)CS1. The van der Waals surface area contributed by atoms with Crippen molar-refractivity contribution in [2.75, 3.05) is 19.4 Å². The van der Waals surface area contributed by atoms with E-state index >= 15 is 0 Å². The molecule has 1 aliphatic heterocycles. The van der Waals surface area contributed by atoms with E-state index in [1.165, 1.54) is 32.8 Å². The monoisotopic (exact) mass is 313 g/mol. The molecular weight excluding hydrogens is 286 g/mol. The summed E-state index contributed by atoms with van der Waals surface area (Å²) < 4.78 is 10.4. The predicted molar refractivity (Wildman–Crippen MR) is 88.8 cm³/mol. The first kappa shape index (κ1) is 18.1. The van der Waals surface area contributed by atoms with Crippen molar-refractivity contribution in [3.8, 4) is 0 Å². The lowest BCUT2D eigenvalue weighted by Gasteiger charge is -2.08. The molecule has 4 nitrogen and oxygen atoms in total. The van der Waals surface area contributed by atoms with E-state index in [1.54, 1.807) is 17.8 Å². The topological polar surface area (TPSA) is 47.9 Å². The number of carbonyl (C=O) groups is 1. The molecule has 0 spiro atoms. The van der Waals surface area contributed by atoms with Gasteiger partial charge in [-0.3, -0.25) is 4.79 Å². The van der Waals surface area contributed by atoms with Gasteiger partial charge in [-0.2, -0.15) is 0 Å². The summed E-state index contributed by atoms with van der Waals surface area (Å²) in [5.74, 6) is 0.926. The standard InChI is InChI=1S/C16H27NO3S/c1-3-12-17-16-20-14(13-21-16)10-8-6-4-5-7-9-11-15(18)19-2/h3,14H,1,4-13H2,2H3. The Morgan fingerprint density at radius 1 is 1.38 bits per heavy atom. The van der Waals surface area contributed by atoms with Gasteiger partial charge < -0.3 is 9.47 Å². The highest BCUT2D eigenvalue weighted by Gasteiger charge is 2.21. The van der Waals surface area contributed by atoms with E-state index in [-0.39, 0.29) is 5.97 Å². The highest BCUT2D eigenvalue weighted by Crippen LogP contribution is 2.24. The fraction of sp³-hybridized carbons (Fsp3) is 0.750. The Labute approximate surface area is 132 Å². The van der Waals surface area contributed by atoms with E-state index in [4.69, 9.17) is 4.74 Å². The quantitative estimate of drug-likeness (QED) is 0.329. The van der Waals surface area contributed by atoms with Gasteiger partial charge in [-0.15, -0.1) is 6.58 Å². The van der Waals surface area contributed by atoms with Gasteiger partial charge in [0, 0.05) is 12.2 Å². The fourth-order valence-electron chi connectivity index (χ4n) is 2.19. The molecule has 1 unspecified atom stereocenters. The zero-order chi connectivity index (χ0) is 15.3. The second-order valence-corrected chi connectivity index (χ2v) is 6.15. The van der Waals surface area contributed by atoms with Crippen molar-refractivity contribution in [1.82, 2.24) is 0 Å². The molecule has 0 amide bonds. The molecular formula is C16H27NO3S. The number of methoxy groups -OCH3 is 1. The number of hydrogen-bond donors (Lipinski definition) is 0. The minimum absolute atomic E-state index is 0.0974. The molecule has 0 radical (unpaired) electrons. The Hall–Kier alpha value is -0.970. The molecule has 1 fully saturated rings. The lowest BCUT2D eigenvalue weighted by atomic mass is 10.1. The van der Waals surface area contributed by atoms with Crippen LogP contribution in [-0.2, 0) is 14.3 Å². The Kier molecular flexibility index (Phi) is 10.0. The van der Waals surface area contributed by atoms with Crippen LogP contribution in [0.15, 0.2) is 17.6 Å². The third-order valence-electron chi connectivity index (χ3n) is 3.39. The predicted octanol–water partition coefficient (Wildman–Crippen LogP) is 3.95. The van der Waals surface area contributed by atoms with Crippen molar-refractivity contribution in [2.45, 2.75) is 57.5 Å². The van der Waals surface area contributed by atoms with Crippen LogP contribution in [0.4, 0.5) is 0 Å². The number of ether oxygens (including phenoxy) is 2. The van der Waals surface area contributed by atoms with Gasteiger partial charge in [0.05, 0.1) is 13.7 Å². The molecule has 1 aliphatic rings. The van der Waals surface area contributed by atoms with Crippen molar-refractivity contribution < 1.29 is 14.3 Å². The Bertz CT molecular complexity index is 344. The van der Waals surface area contributed by atoms with Crippen LogP contribution in [0.1, 0.15) is 51.4 Å². The molecule has 1 rings (SSSR count). The summed E-state index contributed by atoms with van der Waals surface area (Å²) in [5.41, 5.74) is 0. The fourth-order valence-corrected chi connectivity index (χ4v) is 3.12. The number of carbonyl (C=O) groups excluding carboxylic acids is 1. The van der Waals surface area contributed by atoms with Crippen LogP contribution in [0.2, 0.25) is 0 Å². The molecule has 0 bridgehead atoms. The normalized spacial score (nSPS) is 19.5. The van der Waals surface area contributed by atoms with Crippen molar-refractivity contribution >= 4 is 23.0 Å². The number of esters is 1. The first-order valence-corrected chi connectivity index (χ1v) is 8.76. The molecule has 21 heavy (non-hydrogen) atoms. The van der Waals surface area contributed by atoms with Gasteiger partial charge in [-0.05, 0) is 19.3 Å². The number of aliphatic imine (C=N–C) groups is 1. The summed E-state index contributed by atoms with van der Waals surface area (Å²) in [6.45, 7) is 4.29. The first-order chi connectivity index (χ1) is 10.3. The van der Waals surface area contributed by atoms with E-state index in [2.05, 4.69) is 16.3 Å². The summed E-state index contributed by atoms with van der Waals surface area (Å²) in [6.07, 6.45) is 10.7. The number of hydrogen-bond acceptors (Lipinski definition) is 5. The molecule has 5 heteroatoms. The lowest BCUT2D eigenvalue weighted by molar-refractivity contribution is -0.140. The highest BCUT2D eigenvalue weighted by molar-refractivity contribution is 8.13. The van der Waals surface area contributed by atoms with Crippen molar-refractivity contribution in [1.29, 1.82) is 0 Å². The maximum atomic E-state index is 10.9. The summed E-state index contributed by atoms with van der Waals surface area (Å²) in [6, 6.07) is 0. The summed E-state index contributed by atoms with van der Waals surface area (Å²) in [5, 5.41) is 0.822. The second kappa shape index (κ2) is 11.7. The van der Waals surface area contributed by atoms with Gasteiger partial charge in [-0.1, -0.05) is 43.5 Å². The molecule has 1 heterocycles. The largest absolute Gasteiger partial charge is 0.469 e. The van der Waals surface area contributed by atoms with E-state index in [1.807, 2.05) is 0 Å². The Morgan fingerprint density at radius 3 is 2.81 bits per heavy atom. The summed E-state index contributed by atoms with van der Waals surface area (Å²) in [4.78, 5) is 15.2. The molecule has 0 aromatic rings. The van der Waals surface area contributed by atoms with Crippen molar-refractivity contribution in [3.63, 3.8) is 0 Å². The molecule has 0 aliphatic carbocycles.